The third-order valence-electron chi connectivity index (χ3n) is 5.94. The zero-order valence-corrected chi connectivity index (χ0v) is 17.6. The fraction of sp³-hybridized carbons (Fsp3) is 0.476. The Labute approximate surface area is 178 Å². The summed E-state index contributed by atoms with van der Waals surface area (Å²) in [5.41, 5.74) is 5.59. The number of nitrogens with zero attached hydrogens (tertiary/aromatic N) is 3. The first-order valence-electron chi connectivity index (χ1n) is 9.80. The number of rotatable bonds is 4. The van der Waals surface area contributed by atoms with E-state index in [9.17, 15) is 18.4 Å². The third kappa shape index (κ3) is 3.69. The van der Waals surface area contributed by atoms with Gasteiger partial charge in [-0.15, -0.1) is 0 Å². The second kappa shape index (κ2) is 7.04. The van der Waals surface area contributed by atoms with Gasteiger partial charge in [0.05, 0.1) is 29.4 Å². The number of carbonyl (C=O) groups is 2. The third-order valence-corrected chi connectivity index (χ3v) is 6.23. The average Bonchev–Trinajstić information content (AvgIpc) is 3.00. The van der Waals surface area contributed by atoms with E-state index >= 15 is 0 Å². The SMILES string of the molecule is CC1(F)CC(C)(CC(=O)N2CCn3nc(-c4ccc(F)c(Cl)c4)c(C(N)=O)c3C2)C1. The fourth-order valence-electron chi connectivity index (χ4n) is 4.96. The minimum absolute atomic E-state index is 0.0813. The Morgan fingerprint density at radius 3 is 2.57 bits per heavy atom. The van der Waals surface area contributed by atoms with Crippen molar-refractivity contribution in [2.24, 2.45) is 11.1 Å². The van der Waals surface area contributed by atoms with Crippen molar-refractivity contribution in [1.82, 2.24) is 14.7 Å². The number of nitrogens with two attached hydrogens (primary N) is 1. The summed E-state index contributed by atoms with van der Waals surface area (Å²) in [5, 5.41) is 4.39. The number of benzene rings is 1. The Morgan fingerprint density at radius 2 is 1.97 bits per heavy atom. The molecule has 2 amide bonds. The van der Waals surface area contributed by atoms with Gasteiger partial charge in [-0.3, -0.25) is 14.3 Å². The van der Waals surface area contributed by atoms with Crippen molar-refractivity contribution >= 4 is 23.4 Å². The molecule has 160 valence electrons. The summed E-state index contributed by atoms with van der Waals surface area (Å²) in [7, 11) is 0. The molecule has 2 aromatic rings. The molecular formula is C21H23ClF2N4O2. The summed E-state index contributed by atoms with van der Waals surface area (Å²) in [5.74, 6) is -1.34. The van der Waals surface area contributed by atoms with Gasteiger partial charge in [-0.1, -0.05) is 18.5 Å². The van der Waals surface area contributed by atoms with Crippen molar-refractivity contribution in [3.8, 4) is 11.3 Å². The van der Waals surface area contributed by atoms with Crippen molar-refractivity contribution in [1.29, 1.82) is 0 Å². The van der Waals surface area contributed by atoms with Gasteiger partial charge in [0.1, 0.15) is 17.2 Å². The predicted molar refractivity (Wildman–Crippen MR) is 108 cm³/mol. The van der Waals surface area contributed by atoms with E-state index in [2.05, 4.69) is 5.10 Å². The molecule has 0 spiro atoms. The van der Waals surface area contributed by atoms with Gasteiger partial charge in [-0.2, -0.15) is 5.10 Å². The van der Waals surface area contributed by atoms with Gasteiger partial charge in [-0.05, 0) is 43.4 Å². The van der Waals surface area contributed by atoms with E-state index in [1.165, 1.54) is 18.2 Å². The summed E-state index contributed by atoms with van der Waals surface area (Å²) in [6, 6.07) is 4.08. The molecule has 2 heterocycles. The molecule has 0 unspecified atom stereocenters. The van der Waals surface area contributed by atoms with Gasteiger partial charge < -0.3 is 10.6 Å². The molecule has 1 aromatic heterocycles. The van der Waals surface area contributed by atoms with Crippen LogP contribution in [0, 0.1) is 11.2 Å². The predicted octanol–water partition coefficient (Wildman–Crippen LogP) is 3.70. The van der Waals surface area contributed by atoms with Crippen LogP contribution in [0.2, 0.25) is 5.02 Å². The number of hydrogen-bond acceptors (Lipinski definition) is 3. The Bertz CT molecular complexity index is 1040. The lowest BCUT2D eigenvalue weighted by molar-refractivity contribution is -0.140. The highest BCUT2D eigenvalue weighted by atomic mass is 35.5. The summed E-state index contributed by atoms with van der Waals surface area (Å²) in [6.45, 7) is 4.49. The maximum absolute atomic E-state index is 13.9. The van der Waals surface area contributed by atoms with Crippen LogP contribution < -0.4 is 5.73 Å². The molecular weight excluding hydrogens is 414 g/mol. The zero-order valence-electron chi connectivity index (χ0n) is 16.8. The highest BCUT2D eigenvalue weighted by molar-refractivity contribution is 6.31. The number of fused-ring (bicyclic) bond motifs is 1. The lowest BCUT2D eigenvalue weighted by atomic mass is 9.60. The van der Waals surface area contributed by atoms with Crippen LogP contribution in [0.1, 0.15) is 49.2 Å². The molecule has 0 radical (unpaired) electrons. The fourth-order valence-corrected chi connectivity index (χ4v) is 5.15. The molecule has 1 fully saturated rings. The van der Waals surface area contributed by atoms with Crippen molar-refractivity contribution in [2.45, 2.75) is 51.9 Å². The number of halogens is 3. The first-order valence-corrected chi connectivity index (χ1v) is 10.2. The quantitative estimate of drug-likeness (QED) is 0.793. The molecule has 6 nitrogen and oxygen atoms in total. The number of alkyl halides is 1. The second-order valence-electron chi connectivity index (χ2n) is 8.96. The molecule has 4 rings (SSSR count). The van der Waals surface area contributed by atoms with Crippen LogP contribution >= 0.6 is 11.6 Å². The highest BCUT2D eigenvalue weighted by Crippen LogP contribution is 2.52. The monoisotopic (exact) mass is 436 g/mol. The molecule has 1 aromatic carbocycles. The number of carbonyl (C=O) groups excluding carboxylic acids is 2. The molecule has 2 N–H and O–H groups in total. The van der Waals surface area contributed by atoms with Gasteiger partial charge in [0.2, 0.25) is 5.91 Å². The molecule has 1 saturated carbocycles. The van der Waals surface area contributed by atoms with Crippen molar-refractivity contribution in [3.05, 3.63) is 40.3 Å². The standard InChI is InChI=1S/C21H23ClF2N4O2/c1-20(10-21(2,24)11-20)8-16(29)27-5-6-28-15(9-27)17(19(25)30)18(26-28)12-3-4-14(23)13(22)7-12/h3-4,7H,5-6,8-11H2,1-2H3,(H2,25,30). The van der Waals surface area contributed by atoms with Gasteiger partial charge in [0.25, 0.3) is 5.91 Å². The smallest absolute Gasteiger partial charge is 0.252 e. The van der Waals surface area contributed by atoms with E-state index in [1.807, 2.05) is 6.92 Å². The van der Waals surface area contributed by atoms with Crippen LogP contribution in [0.3, 0.4) is 0 Å². The zero-order chi connectivity index (χ0) is 21.8. The van der Waals surface area contributed by atoms with E-state index in [0.717, 1.165) is 0 Å². The molecule has 9 heteroatoms. The van der Waals surface area contributed by atoms with Gasteiger partial charge >= 0.3 is 0 Å². The molecule has 30 heavy (non-hydrogen) atoms. The Kier molecular flexibility index (Phi) is 4.88. The van der Waals surface area contributed by atoms with Crippen molar-refractivity contribution in [3.63, 3.8) is 0 Å². The van der Waals surface area contributed by atoms with Crippen LogP contribution in [-0.4, -0.2) is 38.7 Å². The molecule has 1 aliphatic heterocycles. The van der Waals surface area contributed by atoms with E-state index in [-0.39, 0.29) is 34.9 Å². The Balaban J connectivity index is 1.60. The summed E-state index contributed by atoms with van der Waals surface area (Å²) in [6.07, 6.45) is 0.978. The number of amides is 2. The van der Waals surface area contributed by atoms with Crippen LogP contribution in [0.15, 0.2) is 18.2 Å². The maximum atomic E-state index is 13.9. The highest BCUT2D eigenvalue weighted by Gasteiger charge is 2.50. The number of primary amides is 1. The van der Waals surface area contributed by atoms with Crippen molar-refractivity contribution < 1.29 is 18.4 Å². The van der Waals surface area contributed by atoms with E-state index < -0.39 is 17.4 Å². The molecule has 0 atom stereocenters. The van der Waals surface area contributed by atoms with Crippen LogP contribution in [-0.2, 0) is 17.9 Å². The van der Waals surface area contributed by atoms with Crippen LogP contribution in [0.4, 0.5) is 8.78 Å². The second-order valence-corrected chi connectivity index (χ2v) is 9.36. The van der Waals surface area contributed by atoms with Crippen LogP contribution in [0.25, 0.3) is 11.3 Å². The lowest BCUT2D eigenvalue weighted by Crippen LogP contribution is -2.49. The summed E-state index contributed by atoms with van der Waals surface area (Å²) < 4.78 is 29.1. The molecule has 2 aliphatic rings. The van der Waals surface area contributed by atoms with Gasteiger partial charge in [0.15, 0.2) is 0 Å². The minimum Gasteiger partial charge on any atom is -0.365 e. The van der Waals surface area contributed by atoms with E-state index in [0.29, 0.717) is 42.9 Å². The number of hydrogen-bond donors (Lipinski definition) is 1. The summed E-state index contributed by atoms with van der Waals surface area (Å²) in [4.78, 5) is 26.8. The summed E-state index contributed by atoms with van der Waals surface area (Å²) >= 11 is 5.88. The first-order chi connectivity index (χ1) is 14.0. The first kappa shape index (κ1) is 20.8. The number of aromatic nitrogens is 2. The Morgan fingerprint density at radius 1 is 1.27 bits per heavy atom. The van der Waals surface area contributed by atoms with Crippen LogP contribution in [0.5, 0.6) is 0 Å². The molecule has 1 aliphatic carbocycles. The lowest BCUT2D eigenvalue weighted by Gasteiger charge is -2.48. The normalized spacial score (nSPS) is 25.6. The van der Waals surface area contributed by atoms with Gasteiger partial charge in [-0.25, -0.2) is 8.78 Å². The average molecular weight is 437 g/mol. The molecule has 0 bridgehead atoms. The molecule has 0 saturated heterocycles. The Hall–Kier alpha value is -2.48. The maximum Gasteiger partial charge on any atom is 0.252 e. The van der Waals surface area contributed by atoms with E-state index in [4.69, 9.17) is 17.3 Å². The van der Waals surface area contributed by atoms with Gasteiger partial charge in [0, 0.05) is 18.5 Å². The minimum atomic E-state index is -1.21. The van der Waals surface area contributed by atoms with E-state index in [1.54, 1.807) is 16.5 Å². The van der Waals surface area contributed by atoms with Crippen molar-refractivity contribution in [2.75, 3.05) is 6.54 Å². The largest absolute Gasteiger partial charge is 0.365 e. The topological polar surface area (TPSA) is 81.2 Å².